The van der Waals surface area contributed by atoms with E-state index < -0.39 is 0 Å². The second kappa shape index (κ2) is 5.23. The molecule has 1 amide bonds. The van der Waals surface area contributed by atoms with Crippen molar-refractivity contribution in [3.05, 3.63) is 46.7 Å². The van der Waals surface area contributed by atoms with Crippen molar-refractivity contribution in [1.29, 1.82) is 0 Å². The summed E-state index contributed by atoms with van der Waals surface area (Å²) in [4.78, 5) is 12.0. The molecular weight excluding hydrogens is 250 g/mol. The number of anilines is 1. The Bertz CT molecular complexity index is 560. The molecule has 0 unspecified atom stereocenters. The van der Waals surface area contributed by atoms with Crippen molar-refractivity contribution in [2.75, 3.05) is 5.32 Å². The van der Waals surface area contributed by atoms with Gasteiger partial charge in [-0.2, -0.15) is 5.10 Å². The van der Waals surface area contributed by atoms with Crippen LogP contribution in [0.15, 0.2) is 30.5 Å². The van der Waals surface area contributed by atoms with E-state index in [9.17, 15) is 4.79 Å². The number of carbonyl (C=O) groups excluding carboxylic acids is 1. The summed E-state index contributed by atoms with van der Waals surface area (Å²) >= 11 is 5.78. The van der Waals surface area contributed by atoms with E-state index in [1.165, 1.54) is 0 Å². The standard InChI is InChI=1S/C13H14ClN3O/c1-3-17-9(2)12(8-15-17)16-13(18)10-4-6-11(14)7-5-10/h4-8H,3H2,1-2H3,(H,16,18). The summed E-state index contributed by atoms with van der Waals surface area (Å²) in [6, 6.07) is 6.77. The van der Waals surface area contributed by atoms with Crippen molar-refractivity contribution in [3.8, 4) is 0 Å². The topological polar surface area (TPSA) is 46.9 Å². The van der Waals surface area contributed by atoms with E-state index in [1.54, 1.807) is 30.5 Å². The number of nitrogens with zero attached hydrogens (tertiary/aromatic N) is 2. The van der Waals surface area contributed by atoms with E-state index in [4.69, 9.17) is 11.6 Å². The van der Waals surface area contributed by atoms with Gasteiger partial charge in [-0.25, -0.2) is 0 Å². The lowest BCUT2D eigenvalue weighted by atomic mass is 10.2. The van der Waals surface area contributed by atoms with Crippen LogP contribution >= 0.6 is 11.6 Å². The number of amides is 1. The van der Waals surface area contributed by atoms with E-state index in [1.807, 2.05) is 18.5 Å². The molecule has 0 saturated carbocycles. The summed E-state index contributed by atoms with van der Waals surface area (Å²) in [6.45, 7) is 4.71. The molecular formula is C13H14ClN3O. The predicted octanol–water partition coefficient (Wildman–Crippen LogP) is 3.12. The largest absolute Gasteiger partial charge is 0.319 e. The first-order valence-corrected chi connectivity index (χ1v) is 6.09. The summed E-state index contributed by atoms with van der Waals surface area (Å²) in [5.74, 6) is -0.162. The van der Waals surface area contributed by atoms with Gasteiger partial charge in [0.2, 0.25) is 0 Å². The highest BCUT2D eigenvalue weighted by Crippen LogP contribution is 2.16. The Morgan fingerprint density at radius 2 is 2.06 bits per heavy atom. The summed E-state index contributed by atoms with van der Waals surface area (Å²) in [7, 11) is 0. The third kappa shape index (κ3) is 2.54. The second-order valence-corrected chi connectivity index (χ2v) is 4.36. The van der Waals surface area contributed by atoms with E-state index in [2.05, 4.69) is 10.4 Å². The molecule has 0 saturated heterocycles. The molecule has 94 valence electrons. The zero-order valence-electron chi connectivity index (χ0n) is 10.3. The van der Waals surface area contributed by atoms with Crippen LogP contribution in [0.2, 0.25) is 5.02 Å². The molecule has 0 spiro atoms. The molecule has 0 fully saturated rings. The van der Waals surface area contributed by atoms with Crippen molar-refractivity contribution in [1.82, 2.24) is 9.78 Å². The molecule has 2 rings (SSSR count). The van der Waals surface area contributed by atoms with Crippen LogP contribution in [0.5, 0.6) is 0 Å². The number of nitrogens with one attached hydrogen (secondary N) is 1. The summed E-state index contributed by atoms with van der Waals surface area (Å²) < 4.78 is 1.83. The second-order valence-electron chi connectivity index (χ2n) is 3.92. The molecule has 5 heteroatoms. The lowest BCUT2D eigenvalue weighted by Gasteiger charge is -2.05. The van der Waals surface area contributed by atoms with E-state index in [0.717, 1.165) is 17.9 Å². The average molecular weight is 264 g/mol. The number of carbonyl (C=O) groups is 1. The fourth-order valence-electron chi connectivity index (χ4n) is 1.68. The fourth-order valence-corrected chi connectivity index (χ4v) is 1.81. The molecule has 18 heavy (non-hydrogen) atoms. The molecule has 4 nitrogen and oxygen atoms in total. The van der Waals surface area contributed by atoms with Crippen LogP contribution in [0.4, 0.5) is 5.69 Å². The Balaban J connectivity index is 2.16. The maximum Gasteiger partial charge on any atom is 0.255 e. The van der Waals surface area contributed by atoms with Gasteiger partial charge >= 0.3 is 0 Å². The Hall–Kier alpha value is -1.81. The minimum absolute atomic E-state index is 0.162. The molecule has 1 aromatic carbocycles. The summed E-state index contributed by atoms with van der Waals surface area (Å²) in [6.07, 6.45) is 1.66. The summed E-state index contributed by atoms with van der Waals surface area (Å²) in [5.41, 5.74) is 2.25. The van der Waals surface area contributed by atoms with Gasteiger partial charge in [0.15, 0.2) is 0 Å². The van der Waals surface area contributed by atoms with E-state index >= 15 is 0 Å². The number of aromatic nitrogens is 2. The molecule has 0 radical (unpaired) electrons. The van der Waals surface area contributed by atoms with Gasteiger partial charge in [0.05, 0.1) is 17.6 Å². The number of aryl methyl sites for hydroxylation is 1. The number of rotatable bonds is 3. The highest BCUT2D eigenvalue weighted by molar-refractivity contribution is 6.30. The number of hydrogen-bond donors (Lipinski definition) is 1. The third-order valence-corrected chi connectivity index (χ3v) is 3.01. The van der Waals surface area contributed by atoms with Gasteiger partial charge in [-0.3, -0.25) is 9.48 Å². The first kappa shape index (κ1) is 12.6. The van der Waals surface area contributed by atoms with Gasteiger partial charge in [0, 0.05) is 17.1 Å². The molecule has 0 bridgehead atoms. The van der Waals surface area contributed by atoms with Gasteiger partial charge in [0.25, 0.3) is 5.91 Å². The van der Waals surface area contributed by atoms with Gasteiger partial charge in [-0.05, 0) is 38.1 Å². The molecule has 1 heterocycles. The third-order valence-electron chi connectivity index (χ3n) is 2.76. The first-order valence-electron chi connectivity index (χ1n) is 5.71. The monoisotopic (exact) mass is 263 g/mol. The Labute approximate surface area is 111 Å². The SMILES string of the molecule is CCn1ncc(NC(=O)c2ccc(Cl)cc2)c1C. The van der Waals surface area contributed by atoms with Crippen molar-refractivity contribution in [3.63, 3.8) is 0 Å². The van der Waals surface area contributed by atoms with Crippen molar-refractivity contribution in [2.24, 2.45) is 0 Å². The van der Waals surface area contributed by atoms with Crippen LogP contribution in [0.3, 0.4) is 0 Å². The molecule has 0 atom stereocenters. The van der Waals surface area contributed by atoms with Crippen LogP contribution < -0.4 is 5.32 Å². The number of benzene rings is 1. The normalized spacial score (nSPS) is 10.4. The van der Waals surface area contributed by atoms with Crippen LogP contribution in [-0.2, 0) is 6.54 Å². The molecule has 0 aliphatic carbocycles. The van der Waals surface area contributed by atoms with Crippen LogP contribution in [0, 0.1) is 6.92 Å². The lowest BCUT2D eigenvalue weighted by Crippen LogP contribution is -2.12. The maximum atomic E-state index is 12.0. The molecule has 0 aliphatic rings. The first-order chi connectivity index (χ1) is 8.61. The number of halogens is 1. The van der Waals surface area contributed by atoms with Crippen molar-refractivity contribution < 1.29 is 4.79 Å². The van der Waals surface area contributed by atoms with Crippen molar-refractivity contribution >= 4 is 23.2 Å². The zero-order chi connectivity index (χ0) is 13.1. The van der Waals surface area contributed by atoms with Gasteiger partial charge in [-0.1, -0.05) is 11.6 Å². The molecule has 1 aromatic heterocycles. The molecule has 0 aliphatic heterocycles. The van der Waals surface area contributed by atoms with Crippen LogP contribution in [-0.4, -0.2) is 15.7 Å². The average Bonchev–Trinajstić information content (AvgIpc) is 2.71. The molecule has 1 N–H and O–H groups in total. The van der Waals surface area contributed by atoms with E-state index in [-0.39, 0.29) is 5.91 Å². The Kier molecular flexibility index (Phi) is 3.67. The Morgan fingerprint density at radius 1 is 1.39 bits per heavy atom. The quantitative estimate of drug-likeness (QED) is 0.925. The summed E-state index contributed by atoms with van der Waals surface area (Å²) in [5, 5.41) is 7.62. The van der Waals surface area contributed by atoms with Crippen molar-refractivity contribution in [2.45, 2.75) is 20.4 Å². The smallest absolute Gasteiger partial charge is 0.255 e. The van der Waals surface area contributed by atoms with Crippen LogP contribution in [0.25, 0.3) is 0 Å². The zero-order valence-corrected chi connectivity index (χ0v) is 11.0. The van der Waals surface area contributed by atoms with Crippen LogP contribution in [0.1, 0.15) is 23.0 Å². The predicted molar refractivity (Wildman–Crippen MR) is 72.0 cm³/mol. The highest BCUT2D eigenvalue weighted by atomic mass is 35.5. The van der Waals surface area contributed by atoms with Gasteiger partial charge in [0.1, 0.15) is 0 Å². The lowest BCUT2D eigenvalue weighted by molar-refractivity contribution is 0.102. The van der Waals surface area contributed by atoms with E-state index in [0.29, 0.717) is 10.6 Å². The highest BCUT2D eigenvalue weighted by Gasteiger charge is 2.10. The van der Waals surface area contributed by atoms with Gasteiger partial charge < -0.3 is 5.32 Å². The minimum atomic E-state index is -0.162. The maximum absolute atomic E-state index is 12.0. The minimum Gasteiger partial charge on any atom is -0.319 e. The molecule has 2 aromatic rings. The van der Waals surface area contributed by atoms with Gasteiger partial charge in [-0.15, -0.1) is 0 Å². The number of hydrogen-bond acceptors (Lipinski definition) is 2. The fraction of sp³-hybridized carbons (Fsp3) is 0.231. The Morgan fingerprint density at radius 3 is 2.61 bits per heavy atom.